The molecule has 0 fully saturated rings. The van der Waals surface area contributed by atoms with Gasteiger partial charge in [-0.2, -0.15) is 0 Å². The number of rotatable bonds is 4. The van der Waals surface area contributed by atoms with Crippen LogP contribution in [0, 0.1) is 13.8 Å². The van der Waals surface area contributed by atoms with E-state index in [1.54, 1.807) is 0 Å². The number of aromatic nitrogens is 4. The van der Waals surface area contributed by atoms with Gasteiger partial charge in [0.05, 0.1) is 0 Å². The zero-order chi connectivity index (χ0) is 16.2. The number of aryl methyl sites for hydroxylation is 2. The molecular weight excluding hydrogens is 290 g/mol. The fourth-order valence-corrected chi connectivity index (χ4v) is 2.60. The van der Waals surface area contributed by atoms with Gasteiger partial charge < -0.3 is 5.32 Å². The van der Waals surface area contributed by atoms with Crippen molar-refractivity contribution in [3.05, 3.63) is 71.5 Å². The number of hydrogen-bond acceptors (Lipinski definition) is 4. The number of carbonyl (C=O) groups excluding carboxylic acids is 1. The van der Waals surface area contributed by atoms with E-state index in [1.807, 2.05) is 56.3 Å². The molecule has 6 nitrogen and oxygen atoms in total. The van der Waals surface area contributed by atoms with Crippen LogP contribution in [-0.2, 0) is 4.79 Å². The third-order valence-electron chi connectivity index (χ3n) is 3.48. The number of benzene rings is 2. The Bertz CT molecular complexity index is 779. The maximum Gasteiger partial charge on any atom is 0.253 e. The van der Waals surface area contributed by atoms with Crippen molar-refractivity contribution in [2.75, 3.05) is 5.32 Å². The van der Waals surface area contributed by atoms with Gasteiger partial charge in [0.15, 0.2) is 6.04 Å². The van der Waals surface area contributed by atoms with Crippen LogP contribution in [0.2, 0.25) is 0 Å². The highest BCUT2D eigenvalue weighted by molar-refractivity contribution is 5.95. The van der Waals surface area contributed by atoms with Crippen molar-refractivity contribution in [3.8, 4) is 0 Å². The Morgan fingerprint density at radius 2 is 1.78 bits per heavy atom. The summed E-state index contributed by atoms with van der Waals surface area (Å²) in [5.74, 6) is -0.187. The Morgan fingerprint density at radius 1 is 1.09 bits per heavy atom. The van der Waals surface area contributed by atoms with Gasteiger partial charge in [-0.25, -0.2) is 4.68 Å². The first-order chi connectivity index (χ1) is 11.1. The van der Waals surface area contributed by atoms with Gasteiger partial charge in [-0.05, 0) is 53.1 Å². The number of carbonyl (C=O) groups is 1. The van der Waals surface area contributed by atoms with Gasteiger partial charge >= 0.3 is 0 Å². The molecular formula is C17H17N5O. The molecule has 1 unspecified atom stereocenters. The second kappa shape index (κ2) is 6.39. The number of anilines is 1. The Labute approximate surface area is 134 Å². The number of tetrazole rings is 1. The molecule has 1 aromatic heterocycles. The van der Waals surface area contributed by atoms with E-state index < -0.39 is 6.04 Å². The van der Waals surface area contributed by atoms with Crippen LogP contribution in [0.4, 0.5) is 5.69 Å². The lowest BCUT2D eigenvalue weighted by molar-refractivity contribution is -0.118. The topological polar surface area (TPSA) is 72.7 Å². The average Bonchev–Trinajstić information content (AvgIpc) is 3.01. The summed E-state index contributed by atoms with van der Waals surface area (Å²) in [5, 5.41) is 14.1. The first kappa shape index (κ1) is 14.9. The zero-order valence-corrected chi connectivity index (χ0v) is 13.0. The van der Waals surface area contributed by atoms with E-state index in [9.17, 15) is 4.79 Å². The number of nitrogens with zero attached hydrogens (tertiary/aromatic N) is 4. The van der Waals surface area contributed by atoms with Gasteiger partial charge in [-0.1, -0.05) is 36.4 Å². The molecule has 0 saturated carbocycles. The molecule has 0 bridgehead atoms. The van der Waals surface area contributed by atoms with E-state index in [1.165, 1.54) is 11.0 Å². The lowest BCUT2D eigenvalue weighted by atomic mass is 10.1. The fraction of sp³-hybridized carbons (Fsp3) is 0.176. The summed E-state index contributed by atoms with van der Waals surface area (Å²) in [4.78, 5) is 12.8. The SMILES string of the molecule is Cc1cc(C)cc(NC(=O)C(c2ccccc2)n2cnnn2)c1. The summed E-state index contributed by atoms with van der Waals surface area (Å²) in [6.07, 6.45) is 1.44. The van der Waals surface area contributed by atoms with Crippen LogP contribution in [0.3, 0.4) is 0 Å². The normalized spacial score (nSPS) is 11.9. The van der Waals surface area contributed by atoms with Crippen LogP contribution in [0.1, 0.15) is 22.7 Å². The Kier molecular flexibility index (Phi) is 4.14. The number of amides is 1. The summed E-state index contributed by atoms with van der Waals surface area (Å²) in [6.45, 7) is 4.00. The Balaban J connectivity index is 1.92. The van der Waals surface area contributed by atoms with Crippen molar-refractivity contribution < 1.29 is 4.79 Å². The maximum absolute atomic E-state index is 12.8. The molecule has 0 radical (unpaired) electrons. The summed E-state index contributed by atoms with van der Waals surface area (Å²) in [7, 11) is 0. The monoisotopic (exact) mass is 307 g/mol. The smallest absolute Gasteiger partial charge is 0.253 e. The van der Waals surface area contributed by atoms with Crippen molar-refractivity contribution in [2.24, 2.45) is 0 Å². The highest BCUT2D eigenvalue weighted by Gasteiger charge is 2.23. The van der Waals surface area contributed by atoms with E-state index in [0.29, 0.717) is 0 Å². The van der Waals surface area contributed by atoms with Gasteiger partial charge in [0.25, 0.3) is 5.91 Å². The highest BCUT2D eigenvalue weighted by atomic mass is 16.2. The van der Waals surface area contributed by atoms with Gasteiger partial charge in [-0.3, -0.25) is 4.79 Å². The summed E-state index contributed by atoms with van der Waals surface area (Å²) >= 11 is 0. The standard InChI is InChI=1S/C17H17N5O/c1-12-8-13(2)10-15(9-12)19-17(23)16(22-11-18-20-21-22)14-6-4-3-5-7-14/h3-11,16H,1-2H3,(H,19,23). The van der Waals surface area contributed by atoms with Crippen molar-refractivity contribution in [3.63, 3.8) is 0 Å². The number of nitrogens with one attached hydrogen (secondary N) is 1. The largest absolute Gasteiger partial charge is 0.324 e. The Hall–Kier alpha value is -3.02. The van der Waals surface area contributed by atoms with Gasteiger partial charge in [0.2, 0.25) is 0 Å². The van der Waals surface area contributed by atoms with Gasteiger partial charge in [0.1, 0.15) is 6.33 Å². The Morgan fingerprint density at radius 3 is 2.39 bits per heavy atom. The second-order valence-corrected chi connectivity index (χ2v) is 5.47. The summed E-state index contributed by atoms with van der Waals surface area (Å²) in [6, 6.07) is 14.8. The third-order valence-corrected chi connectivity index (χ3v) is 3.48. The molecule has 1 heterocycles. The number of hydrogen-bond donors (Lipinski definition) is 1. The minimum atomic E-state index is -0.619. The van der Waals surface area contributed by atoms with Crippen LogP contribution in [0.5, 0.6) is 0 Å². The molecule has 0 aliphatic carbocycles. The molecule has 3 aromatic rings. The quantitative estimate of drug-likeness (QED) is 0.804. The lowest BCUT2D eigenvalue weighted by Crippen LogP contribution is -2.27. The predicted molar refractivity (Wildman–Crippen MR) is 86.9 cm³/mol. The highest BCUT2D eigenvalue weighted by Crippen LogP contribution is 2.20. The van der Waals surface area contributed by atoms with Crippen molar-refractivity contribution >= 4 is 11.6 Å². The molecule has 23 heavy (non-hydrogen) atoms. The molecule has 1 N–H and O–H groups in total. The van der Waals surface area contributed by atoms with Crippen LogP contribution in [-0.4, -0.2) is 26.1 Å². The summed E-state index contributed by atoms with van der Waals surface area (Å²) < 4.78 is 1.45. The molecule has 0 saturated heterocycles. The predicted octanol–water partition coefficient (Wildman–Crippen LogP) is 2.52. The van der Waals surface area contributed by atoms with Gasteiger partial charge in [0, 0.05) is 5.69 Å². The average molecular weight is 307 g/mol. The molecule has 6 heteroatoms. The van der Waals surface area contributed by atoms with Crippen LogP contribution in [0.25, 0.3) is 0 Å². The summed E-state index contributed by atoms with van der Waals surface area (Å²) in [5.41, 5.74) is 3.78. The molecule has 0 aliphatic rings. The van der Waals surface area contributed by atoms with Crippen LogP contribution in [0.15, 0.2) is 54.9 Å². The maximum atomic E-state index is 12.8. The fourth-order valence-electron chi connectivity index (χ4n) is 2.60. The van der Waals surface area contributed by atoms with Crippen molar-refractivity contribution in [2.45, 2.75) is 19.9 Å². The lowest BCUT2D eigenvalue weighted by Gasteiger charge is -2.17. The second-order valence-electron chi connectivity index (χ2n) is 5.47. The third kappa shape index (κ3) is 3.42. The van der Waals surface area contributed by atoms with Crippen LogP contribution < -0.4 is 5.32 Å². The van der Waals surface area contributed by atoms with Crippen molar-refractivity contribution in [1.29, 1.82) is 0 Å². The zero-order valence-electron chi connectivity index (χ0n) is 13.0. The molecule has 0 aliphatic heterocycles. The molecule has 1 atom stereocenters. The minimum Gasteiger partial charge on any atom is -0.324 e. The molecule has 116 valence electrons. The van der Waals surface area contributed by atoms with Crippen molar-refractivity contribution in [1.82, 2.24) is 20.2 Å². The van der Waals surface area contributed by atoms with Crippen LogP contribution >= 0.6 is 0 Å². The van der Waals surface area contributed by atoms with E-state index in [-0.39, 0.29) is 5.91 Å². The molecule has 1 amide bonds. The van der Waals surface area contributed by atoms with Gasteiger partial charge in [-0.15, -0.1) is 5.10 Å². The molecule has 0 spiro atoms. The van der Waals surface area contributed by atoms with E-state index >= 15 is 0 Å². The van der Waals surface area contributed by atoms with E-state index in [2.05, 4.69) is 26.9 Å². The first-order valence-corrected chi connectivity index (χ1v) is 7.30. The minimum absolute atomic E-state index is 0.187. The van der Waals surface area contributed by atoms with E-state index in [0.717, 1.165) is 22.4 Å². The molecule has 2 aromatic carbocycles. The van der Waals surface area contributed by atoms with E-state index in [4.69, 9.17) is 0 Å². The first-order valence-electron chi connectivity index (χ1n) is 7.30. The molecule has 3 rings (SSSR count).